The molecule has 2 aromatic rings. The number of nitrogens with zero attached hydrogens (tertiary/aromatic N) is 1. The van der Waals surface area contributed by atoms with Crippen LogP contribution in [0.15, 0.2) is 28.7 Å². The minimum Gasteiger partial charge on any atom is -0.299 e. The van der Waals surface area contributed by atoms with Crippen molar-refractivity contribution < 1.29 is 9.59 Å². The normalized spacial score (nSPS) is 14.1. The Morgan fingerprint density at radius 3 is 2.70 bits per heavy atom. The molecular weight excluding hydrogens is 362 g/mol. The van der Waals surface area contributed by atoms with Gasteiger partial charge in [-0.2, -0.15) is 0 Å². The average molecular weight is 371 g/mol. The summed E-state index contributed by atoms with van der Waals surface area (Å²) < 4.78 is 1.47. The molecule has 6 heteroatoms. The molecule has 3 nitrogen and oxygen atoms in total. The third-order valence-electron chi connectivity index (χ3n) is 3.16. The highest BCUT2D eigenvalue weighted by Gasteiger charge is 2.37. The van der Waals surface area contributed by atoms with Gasteiger partial charge in [-0.25, -0.2) is 0 Å². The summed E-state index contributed by atoms with van der Waals surface area (Å²) in [6.07, 6.45) is 0. The molecule has 1 aliphatic rings. The van der Waals surface area contributed by atoms with Crippen LogP contribution in [0.3, 0.4) is 0 Å². The van der Waals surface area contributed by atoms with Crippen molar-refractivity contribution in [2.45, 2.75) is 13.5 Å². The lowest BCUT2D eigenvalue weighted by Gasteiger charge is -2.17. The Labute approximate surface area is 133 Å². The van der Waals surface area contributed by atoms with Crippen LogP contribution in [0.1, 0.15) is 20.8 Å². The maximum Gasteiger partial charge on any atom is 0.299 e. The summed E-state index contributed by atoms with van der Waals surface area (Å²) in [6.45, 7) is 2.27. The highest BCUT2D eigenvalue weighted by Crippen LogP contribution is 2.36. The zero-order valence-electron chi connectivity index (χ0n) is 10.4. The number of hydrogen-bond donors (Lipinski definition) is 0. The van der Waals surface area contributed by atoms with E-state index in [0.29, 0.717) is 22.1 Å². The van der Waals surface area contributed by atoms with Gasteiger partial charge in [0.2, 0.25) is 0 Å². The van der Waals surface area contributed by atoms with Gasteiger partial charge < -0.3 is 0 Å². The zero-order valence-corrected chi connectivity index (χ0v) is 13.6. The van der Waals surface area contributed by atoms with Crippen molar-refractivity contribution in [1.82, 2.24) is 0 Å². The third-order valence-corrected chi connectivity index (χ3v) is 4.84. The number of Topliss-reactive ketones (excluding diaryl/α,β-unsaturated/α-hetero) is 1. The number of fused-ring (bicyclic) bond motifs is 1. The van der Waals surface area contributed by atoms with Gasteiger partial charge in [0, 0.05) is 9.35 Å². The van der Waals surface area contributed by atoms with Gasteiger partial charge in [-0.1, -0.05) is 27.5 Å². The van der Waals surface area contributed by atoms with Crippen LogP contribution in [0.5, 0.6) is 0 Å². The summed E-state index contributed by atoms with van der Waals surface area (Å²) >= 11 is 10.7. The smallest absolute Gasteiger partial charge is 0.299 e. The first-order valence-corrected chi connectivity index (χ1v) is 7.86. The Balaban J connectivity index is 2.06. The van der Waals surface area contributed by atoms with Crippen LogP contribution in [-0.2, 0) is 11.3 Å². The molecular formula is C14H9BrClNO2S. The zero-order chi connectivity index (χ0) is 14.4. The number of halogens is 2. The van der Waals surface area contributed by atoms with Crippen molar-refractivity contribution in [3.05, 3.63) is 49.1 Å². The van der Waals surface area contributed by atoms with Gasteiger partial charge in [0.1, 0.15) is 0 Å². The van der Waals surface area contributed by atoms with E-state index in [1.165, 1.54) is 16.2 Å². The molecule has 0 bridgehead atoms. The SMILES string of the molecule is Cc1cc(Br)cc2c1N(Cc1ccc(Cl)s1)C(=O)C2=O. The number of ketones is 1. The molecule has 3 rings (SSSR count). The van der Waals surface area contributed by atoms with Crippen LogP contribution in [-0.4, -0.2) is 11.7 Å². The van der Waals surface area contributed by atoms with E-state index in [0.717, 1.165) is 14.9 Å². The minimum atomic E-state index is -0.481. The second kappa shape index (κ2) is 4.98. The quantitative estimate of drug-likeness (QED) is 0.743. The molecule has 0 radical (unpaired) electrons. The number of carbonyl (C=O) groups is 2. The number of hydrogen-bond acceptors (Lipinski definition) is 3. The van der Waals surface area contributed by atoms with E-state index < -0.39 is 11.7 Å². The average Bonchev–Trinajstić information content (AvgIpc) is 2.88. The van der Waals surface area contributed by atoms with Crippen molar-refractivity contribution in [1.29, 1.82) is 0 Å². The van der Waals surface area contributed by atoms with Crippen LogP contribution in [0.4, 0.5) is 5.69 Å². The van der Waals surface area contributed by atoms with Gasteiger partial charge >= 0.3 is 0 Å². The molecule has 0 fully saturated rings. The number of thiophene rings is 1. The van der Waals surface area contributed by atoms with Crippen LogP contribution >= 0.6 is 38.9 Å². The summed E-state index contributed by atoms with van der Waals surface area (Å²) in [4.78, 5) is 26.7. The number of aryl methyl sites for hydroxylation is 1. The Hall–Kier alpha value is -1.17. The first kappa shape index (κ1) is 13.8. The molecule has 0 unspecified atom stereocenters. The highest BCUT2D eigenvalue weighted by molar-refractivity contribution is 9.10. The van der Waals surface area contributed by atoms with Crippen LogP contribution < -0.4 is 4.90 Å². The first-order chi connectivity index (χ1) is 9.47. The van der Waals surface area contributed by atoms with Crippen molar-refractivity contribution in [2.75, 3.05) is 4.90 Å². The largest absolute Gasteiger partial charge is 0.299 e. The molecule has 1 aromatic heterocycles. The molecule has 2 heterocycles. The second-order valence-electron chi connectivity index (χ2n) is 4.55. The van der Waals surface area contributed by atoms with E-state index >= 15 is 0 Å². The Morgan fingerprint density at radius 1 is 1.30 bits per heavy atom. The Bertz CT molecular complexity index is 741. The fourth-order valence-electron chi connectivity index (χ4n) is 2.35. The van der Waals surface area contributed by atoms with Crippen LogP contribution in [0.25, 0.3) is 0 Å². The number of benzene rings is 1. The number of anilines is 1. The van der Waals surface area contributed by atoms with Crippen LogP contribution in [0, 0.1) is 6.92 Å². The molecule has 1 aromatic carbocycles. The molecule has 102 valence electrons. The number of carbonyl (C=O) groups excluding carboxylic acids is 2. The fourth-order valence-corrected chi connectivity index (χ4v) is 4.00. The summed E-state index contributed by atoms with van der Waals surface area (Å²) in [7, 11) is 0. The first-order valence-electron chi connectivity index (χ1n) is 5.88. The number of rotatable bonds is 2. The number of amides is 1. The van der Waals surface area contributed by atoms with Crippen molar-refractivity contribution in [2.24, 2.45) is 0 Å². The molecule has 0 atom stereocenters. The topological polar surface area (TPSA) is 37.4 Å². The molecule has 20 heavy (non-hydrogen) atoms. The lowest BCUT2D eigenvalue weighted by Crippen LogP contribution is -2.29. The van der Waals surface area contributed by atoms with Gasteiger partial charge in [-0.3, -0.25) is 14.5 Å². The van der Waals surface area contributed by atoms with Gasteiger partial charge in [0.25, 0.3) is 11.7 Å². The monoisotopic (exact) mass is 369 g/mol. The minimum absolute atomic E-state index is 0.372. The van der Waals surface area contributed by atoms with Crippen molar-refractivity contribution in [3.63, 3.8) is 0 Å². The van der Waals surface area contributed by atoms with E-state index in [4.69, 9.17) is 11.6 Å². The van der Waals surface area contributed by atoms with E-state index in [9.17, 15) is 9.59 Å². The maximum atomic E-state index is 12.2. The van der Waals surface area contributed by atoms with Crippen LogP contribution in [0.2, 0.25) is 4.34 Å². The Kier molecular flexibility index (Phi) is 3.44. The van der Waals surface area contributed by atoms with E-state index in [2.05, 4.69) is 15.9 Å². The lowest BCUT2D eigenvalue weighted by molar-refractivity contribution is -0.114. The summed E-state index contributed by atoms with van der Waals surface area (Å²) in [6, 6.07) is 7.26. The molecule has 1 amide bonds. The summed E-state index contributed by atoms with van der Waals surface area (Å²) in [5.41, 5.74) is 2.06. The second-order valence-corrected chi connectivity index (χ2v) is 7.26. The van der Waals surface area contributed by atoms with Gasteiger partial charge in [-0.05, 0) is 36.8 Å². The van der Waals surface area contributed by atoms with E-state index in [-0.39, 0.29) is 0 Å². The lowest BCUT2D eigenvalue weighted by atomic mass is 10.1. The standard InChI is InChI=1S/C14H9BrClNO2S/c1-7-4-8(15)5-10-12(7)17(14(19)13(10)18)6-9-2-3-11(16)20-9/h2-5H,6H2,1H3. The predicted molar refractivity (Wildman–Crippen MR) is 83.7 cm³/mol. The molecule has 0 N–H and O–H groups in total. The summed E-state index contributed by atoms with van der Waals surface area (Å²) in [5, 5.41) is 0. The molecule has 0 saturated carbocycles. The summed E-state index contributed by atoms with van der Waals surface area (Å²) in [5.74, 6) is -0.933. The van der Waals surface area contributed by atoms with Crippen molar-refractivity contribution >= 4 is 56.2 Å². The fraction of sp³-hybridized carbons (Fsp3) is 0.143. The molecule has 0 saturated heterocycles. The van der Waals surface area contributed by atoms with Gasteiger partial charge in [-0.15, -0.1) is 11.3 Å². The molecule has 0 aliphatic carbocycles. The van der Waals surface area contributed by atoms with E-state index in [1.807, 2.05) is 19.1 Å². The molecule has 1 aliphatic heterocycles. The molecule has 0 spiro atoms. The van der Waals surface area contributed by atoms with Crippen molar-refractivity contribution in [3.8, 4) is 0 Å². The Morgan fingerprint density at radius 2 is 2.05 bits per heavy atom. The van der Waals surface area contributed by atoms with Gasteiger partial charge in [0.05, 0.1) is 22.1 Å². The maximum absolute atomic E-state index is 12.2. The highest BCUT2D eigenvalue weighted by atomic mass is 79.9. The predicted octanol–water partition coefficient (Wildman–Crippen LogP) is 4.20. The third kappa shape index (κ3) is 2.20. The van der Waals surface area contributed by atoms with Gasteiger partial charge in [0.15, 0.2) is 0 Å². The van der Waals surface area contributed by atoms with E-state index in [1.54, 1.807) is 12.1 Å².